The summed E-state index contributed by atoms with van der Waals surface area (Å²) < 4.78 is 26.1. The molecular weight excluding hydrogens is 534 g/mol. The molecule has 3 aromatic rings. The van der Waals surface area contributed by atoms with Crippen LogP contribution in [0.15, 0.2) is 40.2 Å². The Morgan fingerprint density at radius 3 is 2.58 bits per heavy atom. The van der Waals surface area contributed by atoms with E-state index in [9.17, 15) is 23.8 Å². The van der Waals surface area contributed by atoms with Gasteiger partial charge in [-0.2, -0.15) is 9.40 Å². The average molecular weight is 572 g/mol. The van der Waals surface area contributed by atoms with Crippen LogP contribution in [-0.2, 0) is 12.1 Å². The number of aromatic amines is 1. The summed E-state index contributed by atoms with van der Waals surface area (Å²) in [6.45, 7) is 5.19. The van der Waals surface area contributed by atoms with Crippen LogP contribution in [-0.4, -0.2) is 88.4 Å². The van der Waals surface area contributed by atoms with Crippen LogP contribution in [0.1, 0.15) is 44.6 Å². The molecule has 3 aliphatic heterocycles. The number of aromatic nitrogens is 3. The number of piperidine rings is 2. The molecule has 5 N–H and O–H groups in total. The van der Waals surface area contributed by atoms with Crippen LogP contribution in [0.2, 0.25) is 0 Å². The molecule has 2 aromatic heterocycles. The third kappa shape index (κ3) is 4.45. The van der Waals surface area contributed by atoms with Crippen LogP contribution in [0.3, 0.4) is 0 Å². The Morgan fingerprint density at radius 1 is 1.18 bits per heavy atom. The fourth-order valence-corrected chi connectivity index (χ4v) is 8.47. The number of H-pyrrole nitrogens is 1. The standard InChI is InChI=1S/C27H37N7O5S/c1-3-27(9-14-32(15-10-27)26(36)37)34-21-6-11-28-25(35)23(21)24(30-34)29-19-4-5-22-18(16-19)17-33(40(22,38)39)20-7-12-31(2)13-8-20/h4-6,11,16,20,38-39H,3,7-10,12-15,17H2,1-2H3,(H,28,35)(H,29,30)(H,36,37). The third-order valence-electron chi connectivity index (χ3n) is 9.04. The maximum absolute atomic E-state index is 13.0. The van der Waals surface area contributed by atoms with Gasteiger partial charge in [-0.1, -0.05) is 6.92 Å². The zero-order valence-corrected chi connectivity index (χ0v) is 23.7. The molecule has 1 amide bonds. The van der Waals surface area contributed by atoms with E-state index in [1.807, 2.05) is 21.1 Å². The van der Waals surface area contributed by atoms with Crippen molar-refractivity contribution in [3.05, 3.63) is 46.4 Å². The topological polar surface area (TPSA) is 150 Å². The van der Waals surface area contributed by atoms with E-state index in [1.54, 1.807) is 18.3 Å². The number of hydrogen-bond donors (Lipinski definition) is 5. The molecule has 216 valence electrons. The Morgan fingerprint density at radius 2 is 1.90 bits per heavy atom. The van der Waals surface area contributed by atoms with E-state index in [-0.39, 0.29) is 11.6 Å². The van der Waals surface area contributed by atoms with Gasteiger partial charge >= 0.3 is 6.09 Å². The number of amides is 1. The van der Waals surface area contributed by atoms with E-state index in [1.165, 1.54) is 4.90 Å². The molecule has 12 nitrogen and oxygen atoms in total. The first-order valence-electron chi connectivity index (χ1n) is 13.9. The molecule has 40 heavy (non-hydrogen) atoms. The van der Waals surface area contributed by atoms with Crippen molar-refractivity contribution in [2.75, 3.05) is 38.5 Å². The van der Waals surface area contributed by atoms with Gasteiger partial charge in [-0.05, 0) is 82.1 Å². The second-order valence-corrected chi connectivity index (χ2v) is 13.2. The lowest BCUT2D eigenvalue weighted by Crippen LogP contribution is -2.47. The van der Waals surface area contributed by atoms with Gasteiger partial charge in [-0.3, -0.25) is 18.6 Å². The second-order valence-electron chi connectivity index (χ2n) is 11.3. The summed E-state index contributed by atoms with van der Waals surface area (Å²) in [7, 11) is -0.975. The Kier molecular flexibility index (Phi) is 6.82. The van der Waals surface area contributed by atoms with Gasteiger partial charge in [0.1, 0.15) is 5.39 Å². The molecular formula is C27H37N7O5S. The molecule has 1 aromatic carbocycles. The highest BCUT2D eigenvalue weighted by Crippen LogP contribution is 2.60. The number of benzene rings is 1. The van der Waals surface area contributed by atoms with Gasteiger partial charge in [-0.15, -0.1) is 10.8 Å². The first-order valence-corrected chi connectivity index (χ1v) is 15.4. The Labute approximate surface area is 234 Å². The molecule has 2 saturated heterocycles. The number of pyridine rings is 1. The van der Waals surface area contributed by atoms with E-state index in [0.29, 0.717) is 59.8 Å². The first-order chi connectivity index (χ1) is 19.1. The van der Waals surface area contributed by atoms with E-state index < -0.39 is 22.4 Å². The van der Waals surface area contributed by atoms with Gasteiger partial charge in [0.2, 0.25) is 0 Å². The predicted octanol–water partition coefficient (Wildman–Crippen LogP) is 4.28. The molecule has 2 fully saturated rings. The summed E-state index contributed by atoms with van der Waals surface area (Å²) in [6.07, 6.45) is 4.41. The largest absolute Gasteiger partial charge is 0.465 e. The van der Waals surface area contributed by atoms with E-state index >= 15 is 0 Å². The lowest BCUT2D eigenvalue weighted by molar-refractivity contribution is 0.0869. The van der Waals surface area contributed by atoms with Gasteiger partial charge in [-0.25, -0.2) is 4.79 Å². The molecule has 13 heteroatoms. The highest BCUT2D eigenvalue weighted by atomic mass is 32.3. The van der Waals surface area contributed by atoms with Crippen molar-refractivity contribution in [1.29, 1.82) is 0 Å². The van der Waals surface area contributed by atoms with Gasteiger partial charge < -0.3 is 25.2 Å². The highest BCUT2D eigenvalue weighted by Gasteiger charge is 2.41. The minimum atomic E-state index is -3.06. The lowest BCUT2D eigenvalue weighted by Gasteiger charge is -2.44. The quantitative estimate of drug-likeness (QED) is 0.302. The number of fused-ring (bicyclic) bond motifs is 2. The minimum Gasteiger partial charge on any atom is -0.465 e. The molecule has 0 radical (unpaired) electrons. The molecule has 0 bridgehead atoms. The number of anilines is 2. The Hall–Kier alpha value is -3.10. The number of carboxylic acid groups (broad SMARTS) is 1. The molecule has 0 spiro atoms. The van der Waals surface area contributed by atoms with Crippen molar-refractivity contribution in [3.8, 4) is 0 Å². The average Bonchev–Trinajstić information content (AvgIpc) is 3.44. The summed E-state index contributed by atoms with van der Waals surface area (Å²) in [5, 5.41) is 18.1. The van der Waals surface area contributed by atoms with Gasteiger partial charge in [0.05, 0.1) is 16.0 Å². The number of rotatable bonds is 5. The van der Waals surface area contributed by atoms with Crippen LogP contribution < -0.4 is 10.9 Å². The van der Waals surface area contributed by atoms with Crippen molar-refractivity contribution >= 4 is 39.3 Å². The van der Waals surface area contributed by atoms with Crippen molar-refractivity contribution < 1.29 is 19.0 Å². The molecule has 0 saturated carbocycles. The summed E-state index contributed by atoms with van der Waals surface area (Å²) in [6, 6.07) is 7.43. The zero-order chi connectivity index (χ0) is 28.2. The summed E-state index contributed by atoms with van der Waals surface area (Å²) in [4.78, 5) is 31.5. The molecule has 6 rings (SSSR count). The van der Waals surface area contributed by atoms with Gasteiger partial charge in [0.15, 0.2) is 5.82 Å². The maximum atomic E-state index is 13.0. The van der Waals surface area contributed by atoms with Gasteiger partial charge in [0, 0.05) is 37.6 Å². The Bertz CT molecular complexity index is 1490. The molecule has 0 unspecified atom stereocenters. The van der Waals surface area contributed by atoms with Crippen LogP contribution in [0.5, 0.6) is 0 Å². The normalized spacial score (nSPS) is 22.4. The fourth-order valence-electron chi connectivity index (χ4n) is 6.54. The smallest absolute Gasteiger partial charge is 0.407 e. The van der Waals surface area contributed by atoms with E-state index in [4.69, 9.17) is 5.10 Å². The molecule has 0 aliphatic carbocycles. The van der Waals surface area contributed by atoms with Crippen LogP contribution in [0.25, 0.3) is 10.9 Å². The summed E-state index contributed by atoms with van der Waals surface area (Å²) >= 11 is 0. The SMILES string of the molecule is CCC1(n2nc(Nc3ccc4c(c3)CN(C3CCN(C)CC3)S4(O)O)c3c(=O)[nH]ccc32)CCN(C(=O)O)CC1. The fraction of sp³-hybridized carbons (Fsp3) is 0.519. The van der Waals surface area contributed by atoms with Crippen LogP contribution >= 0.6 is 10.8 Å². The first kappa shape index (κ1) is 27.1. The van der Waals surface area contributed by atoms with E-state index in [2.05, 4.69) is 29.2 Å². The number of likely N-dealkylation sites (tertiary alicyclic amines) is 2. The van der Waals surface area contributed by atoms with Crippen molar-refractivity contribution in [2.24, 2.45) is 0 Å². The maximum Gasteiger partial charge on any atom is 0.407 e. The number of carbonyl (C=O) groups is 1. The monoisotopic (exact) mass is 571 g/mol. The van der Waals surface area contributed by atoms with E-state index in [0.717, 1.165) is 37.9 Å². The summed E-state index contributed by atoms with van der Waals surface area (Å²) in [5.74, 6) is 0.419. The van der Waals surface area contributed by atoms with Crippen molar-refractivity contribution in [2.45, 2.75) is 62.0 Å². The molecule has 3 aliphatic rings. The van der Waals surface area contributed by atoms with Gasteiger partial charge in [0.25, 0.3) is 5.56 Å². The minimum absolute atomic E-state index is 0.112. The lowest BCUT2D eigenvalue weighted by atomic mass is 9.85. The molecule has 5 heterocycles. The molecule has 0 atom stereocenters. The second kappa shape index (κ2) is 10.1. The van der Waals surface area contributed by atoms with Crippen LogP contribution in [0, 0.1) is 0 Å². The Balaban J connectivity index is 1.32. The van der Waals surface area contributed by atoms with Crippen molar-refractivity contribution in [3.63, 3.8) is 0 Å². The highest BCUT2D eigenvalue weighted by molar-refractivity contribution is 8.22. The number of nitrogens with zero attached hydrogens (tertiary/aromatic N) is 5. The third-order valence-corrected chi connectivity index (χ3v) is 11.1. The number of hydrogen-bond acceptors (Lipinski definition) is 8. The predicted molar refractivity (Wildman–Crippen MR) is 154 cm³/mol. The summed E-state index contributed by atoms with van der Waals surface area (Å²) in [5.41, 5.74) is 1.58. The van der Waals surface area contributed by atoms with Crippen LogP contribution in [0.4, 0.5) is 16.3 Å². The van der Waals surface area contributed by atoms with Crippen molar-refractivity contribution in [1.82, 2.24) is 28.9 Å². The zero-order valence-electron chi connectivity index (χ0n) is 22.8. The number of nitrogens with one attached hydrogen (secondary N) is 2.